The van der Waals surface area contributed by atoms with Crippen molar-refractivity contribution >= 4 is 18.0 Å². The monoisotopic (exact) mass is 266 g/mol. The van der Waals surface area contributed by atoms with Crippen molar-refractivity contribution in [2.45, 2.75) is 24.7 Å². The van der Waals surface area contributed by atoms with E-state index in [0.717, 1.165) is 35.7 Å². The van der Waals surface area contributed by atoms with E-state index in [-0.39, 0.29) is 0 Å². The van der Waals surface area contributed by atoms with Crippen LogP contribution in [0.3, 0.4) is 0 Å². The Hall–Kier alpha value is -1.00. The average molecular weight is 266 g/mol. The molecule has 0 N–H and O–H groups in total. The molecule has 0 aliphatic carbocycles. The first-order chi connectivity index (χ1) is 8.83. The second-order valence-corrected chi connectivity index (χ2v) is 5.37. The molecule has 18 heavy (non-hydrogen) atoms. The summed E-state index contributed by atoms with van der Waals surface area (Å²) in [6.45, 7) is 0.898. The van der Waals surface area contributed by atoms with Gasteiger partial charge in [0.1, 0.15) is 12.0 Å². The summed E-state index contributed by atoms with van der Waals surface area (Å²) in [5.41, 5.74) is 1.77. The molecule has 1 aromatic rings. The Labute approximate surface area is 112 Å². The van der Waals surface area contributed by atoms with Gasteiger partial charge in [0.15, 0.2) is 0 Å². The first-order valence-electron chi connectivity index (χ1n) is 6.15. The van der Waals surface area contributed by atoms with Gasteiger partial charge in [0.2, 0.25) is 0 Å². The summed E-state index contributed by atoms with van der Waals surface area (Å²) in [4.78, 5) is 10.8. The smallest absolute Gasteiger partial charge is 0.150 e. The molecule has 4 heteroatoms. The second kappa shape index (κ2) is 6.81. The van der Waals surface area contributed by atoms with Gasteiger partial charge in [-0.15, -0.1) is 0 Å². The van der Waals surface area contributed by atoms with Gasteiger partial charge in [-0.25, -0.2) is 0 Å². The van der Waals surface area contributed by atoms with Crippen LogP contribution in [0.5, 0.6) is 5.75 Å². The van der Waals surface area contributed by atoms with Crippen molar-refractivity contribution in [1.82, 2.24) is 0 Å². The molecular formula is C14H18O3S. The van der Waals surface area contributed by atoms with Crippen LogP contribution < -0.4 is 4.74 Å². The first kappa shape index (κ1) is 13.4. The van der Waals surface area contributed by atoms with E-state index in [0.29, 0.717) is 11.7 Å². The Morgan fingerprint density at radius 2 is 2.44 bits per heavy atom. The zero-order chi connectivity index (χ0) is 12.8. The van der Waals surface area contributed by atoms with Gasteiger partial charge in [0, 0.05) is 29.2 Å². The maximum absolute atomic E-state index is 10.8. The maximum Gasteiger partial charge on any atom is 0.150 e. The van der Waals surface area contributed by atoms with Crippen LogP contribution in [-0.2, 0) is 10.5 Å². The summed E-state index contributed by atoms with van der Waals surface area (Å²) in [6.07, 6.45) is 3.61. The van der Waals surface area contributed by atoms with E-state index >= 15 is 0 Å². The third-order valence-corrected chi connectivity index (χ3v) is 4.15. The third-order valence-electron chi connectivity index (χ3n) is 3.03. The SMILES string of the molecule is COc1ccc(C=O)cc1CSCC1CCCO1. The third kappa shape index (κ3) is 3.50. The summed E-state index contributed by atoms with van der Waals surface area (Å²) < 4.78 is 10.9. The van der Waals surface area contributed by atoms with E-state index in [4.69, 9.17) is 9.47 Å². The normalized spacial score (nSPS) is 18.8. The highest BCUT2D eigenvalue weighted by Gasteiger charge is 2.15. The lowest BCUT2D eigenvalue weighted by atomic mass is 10.1. The first-order valence-corrected chi connectivity index (χ1v) is 7.30. The van der Waals surface area contributed by atoms with Crippen LogP contribution in [-0.4, -0.2) is 31.9 Å². The van der Waals surface area contributed by atoms with Gasteiger partial charge in [-0.2, -0.15) is 11.8 Å². The van der Waals surface area contributed by atoms with Crippen molar-refractivity contribution in [2.24, 2.45) is 0 Å². The number of rotatable bonds is 6. The highest BCUT2D eigenvalue weighted by molar-refractivity contribution is 7.98. The van der Waals surface area contributed by atoms with Gasteiger partial charge < -0.3 is 9.47 Å². The predicted molar refractivity (Wildman–Crippen MR) is 73.5 cm³/mol. The van der Waals surface area contributed by atoms with Gasteiger partial charge in [0.25, 0.3) is 0 Å². The van der Waals surface area contributed by atoms with Crippen LogP contribution in [0, 0.1) is 0 Å². The van der Waals surface area contributed by atoms with Crippen LogP contribution in [0.2, 0.25) is 0 Å². The molecule has 0 spiro atoms. The number of hydrogen-bond donors (Lipinski definition) is 0. The lowest BCUT2D eigenvalue weighted by Gasteiger charge is -2.11. The van der Waals surface area contributed by atoms with Crippen LogP contribution in [0.1, 0.15) is 28.8 Å². The minimum absolute atomic E-state index is 0.398. The molecule has 1 aliphatic rings. The standard InChI is InChI=1S/C14H18O3S/c1-16-14-5-4-11(8-15)7-12(14)9-18-10-13-3-2-6-17-13/h4-5,7-8,13H,2-3,6,9-10H2,1H3. The van der Waals surface area contributed by atoms with Gasteiger partial charge in [-0.3, -0.25) is 4.79 Å². The van der Waals surface area contributed by atoms with Crippen molar-refractivity contribution in [3.05, 3.63) is 29.3 Å². The fourth-order valence-electron chi connectivity index (χ4n) is 2.06. The van der Waals surface area contributed by atoms with Crippen molar-refractivity contribution in [2.75, 3.05) is 19.5 Å². The zero-order valence-corrected chi connectivity index (χ0v) is 11.4. The Bertz CT molecular complexity index is 400. The number of benzene rings is 1. The number of thioether (sulfide) groups is 1. The van der Waals surface area contributed by atoms with Crippen LogP contribution in [0.4, 0.5) is 0 Å². The van der Waals surface area contributed by atoms with Crippen LogP contribution in [0.25, 0.3) is 0 Å². The molecule has 1 aliphatic heterocycles. The number of aldehydes is 1. The van der Waals surface area contributed by atoms with E-state index in [2.05, 4.69) is 0 Å². The van der Waals surface area contributed by atoms with E-state index in [1.165, 1.54) is 12.8 Å². The van der Waals surface area contributed by atoms with Gasteiger partial charge in [-0.1, -0.05) is 0 Å². The number of hydrogen-bond acceptors (Lipinski definition) is 4. The van der Waals surface area contributed by atoms with Crippen LogP contribution in [0.15, 0.2) is 18.2 Å². The number of carbonyl (C=O) groups is 1. The summed E-state index contributed by atoms with van der Waals surface area (Å²) in [5, 5.41) is 0. The highest BCUT2D eigenvalue weighted by atomic mass is 32.2. The zero-order valence-electron chi connectivity index (χ0n) is 10.6. The molecular weight excluding hydrogens is 248 g/mol. The molecule has 1 heterocycles. The number of ether oxygens (including phenoxy) is 2. The molecule has 3 nitrogen and oxygen atoms in total. The van der Waals surface area contributed by atoms with Gasteiger partial charge in [-0.05, 0) is 31.0 Å². The molecule has 1 atom stereocenters. The fraction of sp³-hybridized carbons (Fsp3) is 0.500. The Morgan fingerprint density at radius 1 is 1.56 bits per heavy atom. The largest absolute Gasteiger partial charge is 0.496 e. The number of carbonyl (C=O) groups excluding carboxylic acids is 1. The fourth-order valence-corrected chi connectivity index (χ4v) is 3.15. The topological polar surface area (TPSA) is 35.5 Å². The van der Waals surface area contributed by atoms with E-state index in [9.17, 15) is 4.79 Å². The van der Waals surface area contributed by atoms with E-state index < -0.39 is 0 Å². The molecule has 0 amide bonds. The van der Waals surface area contributed by atoms with E-state index in [1.807, 2.05) is 23.9 Å². The number of methoxy groups -OCH3 is 1. The predicted octanol–water partition coefficient (Wildman–Crippen LogP) is 2.92. The minimum atomic E-state index is 0.398. The quantitative estimate of drug-likeness (QED) is 0.742. The lowest BCUT2D eigenvalue weighted by molar-refractivity contribution is 0.112. The van der Waals surface area contributed by atoms with Gasteiger partial charge >= 0.3 is 0 Å². The van der Waals surface area contributed by atoms with Crippen molar-refractivity contribution in [1.29, 1.82) is 0 Å². The Morgan fingerprint density at radius 3 is 3.11 bits per heavy atom. The molecule has 0 radical (unpaired) electrons. The minimum Gasteiger partial charge on any atom is -0.496 e. The molecule has 0 aromatic heterocycles. The highest BCUT2D eigenvalue weighted by Crippen LogP contribution is 2.26. The Kier molecular flexibility index (Phi) is 5.08. The molecule has 1 unspecified atom stereocenters. The summed E-state index contributed by atoms with van der Waals surface area (Å²) >= 11 is 1.83. The molecule has 1 saturated heterocycles. The summed E-state index contributed by atoms with van der Waals surface area (Å²) in [7, 11) is 1.66. The maximum atomic E-state index is 10.8. The van der Waals surface area contributed by atoms with Crippen LogP contribution >= 0.6 is 11.8 Å². The Balaban J connectivity index is 1.91. The molecule has 0 bridgehead atoms. The van der Waals surface area contributed by atoms with Gasteiger partial charge in [0.05, 0.1) is 13.2 Å². The van der Waals surface area contributed by atoms with Crippen molar-refractivity contribution < 1.29 is 14.3 Å². The molecule has 1 fully saturated rings. The molecule has 98 valence electrons. The summed E-state index contributed by atoms with van der Waals surface area (Å²) in [5.74, 6) is 2.71. The average Bonchev–Trinajstić information content (AvgIpc) is 2.92. The summed E-state index contributed by atoms with van der Waals surface area (Å²) in [6, 6.07) is 5.53. The molecule has 1 aromatic carbocycles. The van der Waals surface area contributed by atoms with Crippen molar-refractivity contribution in [3.63, 3.8) is 0 Å². The van der Waals surface area contributed by atoms with E-state index in [1.54, 1.807) is 13.2 Å². The van der Waals surface area contributed by atoms with Crippen molar-refractivity contribution in [3.8, 4) is 5.75 Å². The second-order valence-electron chi connectivity index (χ2n) is 4.34. The molecule has 2 rings (SSSR count). The lowest BCUT2D eigenvalue weighted by Crippen LogP contribution is -2.08. The molecule has 0 saturated carbocycles.